The van der Waals surface area contributed by atoms with Crippen molar-refractivity contribution in [1.82, 2.24) is 0 Å². The van der Waals surface area contributed by atoms with Crippen LogP contribution < -0.4 is 10.6 Å². The topological polar surface area (TPSA) is 46.3 Å². The number of nitrogens with two attached hydrogens (primary N) is 1. The molecule has 3 rings (SSSR count). The van der Waals surface area contributed by atoms with Gasteiger partial charge in [-0.15, -0.1) is 0 Å². The number of hydrogen-bond acceptors (Lipinski definition) is 2. The molecule has 0 bridgehead atoms. The summed E-state index contributed by atoms with van der Waals surface area (Å²) in [6, 6.07) is 13.1. The van der Waals surface area contributed by atoms with E-state index in [9.17, 15) is 4.79 Å². The molecule has 4 heteroatoms. The standard InChI is InChI=1S/C16H15ClN2O/c17-12-6-4-11(5-7-12)10-16(20)19-9-8-13-14(18)2-1-3-15(13)19/h1-7H,8-10,18H2. The fourth-order valence-electron chi connectivity index (χ4n) is 2.59. The number of rotatable bonds is 2. The number of carbonyl (C=O) groups excluding carboxylic acids is 1. The number of hydrogen-bond donors (Lipinski definition) is 1. The third-order valence-electron chi connectivity index (χ3n) is 3.63. The summed E-state index contributed by atoms with van der Waals surface area (Å²) in [4.78, 5) is 14.2. The Hall–Kier alpha value is -2.00. The van der Waals surface area contributed by atoms with E-state index < -0.39 is 0 Å². The van der Waals surface area contributed by atoms with Crippen LogP contribution in [0.4, 0.5) is 11.4 Å². The summed E-state index contributed by atoms with van der Waals surface area (Å²) in [6.45, 7) is 0.704. The molecular weight excluding hydrogens is 272 g/mol. The largest absolute Gasteiger partial charge is 0.398 e. The summed E-state index contributed by atoms with van der Waals surface area (Å²) in [7, 11) is 0. The van der Waals surface area contributed by atoms with Crippen molar-refractivity contribution in [2.45, 2.75) is 12.8 Å². The monoisotopic (exact) mass is 286 g/mol. The molecule has 0 radical (unpaired) electrons. The van der Waals surface area contributed by atoms with Crippen LogP contribution in [0, 0.1) is 0 Å². The molecule has 2 aromatic carbocycles. The molecule has 0 atom stereocenters. The SMILES string of the molecule is Nc1cccc2c1CCN2C(=O)Cc1ccc(Cl)cc1. The van der Waals surface area contributed by atoms with Gasteiger partial charge in [0.15, 0.2) is 0 Å². The number of nitrogen functional groups attached to an aromatic ring is 1. The van der Waals surface area contributed by atoms with Crippen molar-refractivity contribution in [3.05, 3.63) is 58.6 Å². The van der Waals surface area contributed by atoms with E-state index >= 15 is 0 Å². The zero-order chi connectivity index (χ0) is 14.1. The molecule has 1 heterocycles. The van der Waals surface area contributed by atoms with Crippen LogP contribution in [0.1, 0.15) is 11.1 Å². The number of fused-ring (bicyclic) bond motifs is 1. The Balaban J connectivity index is 1.80. The van der Waals surface area contributed by atoms with E-state index in [1.807, 2.05) is 35.2 Å². The van der Waals surface area contributed by atoms with Gasteiger partial charge in [-0.25, -0.2) is 0 Å². The van der Waals surface area contributed by atoms with Gasteiger partial charge < -0.3 is 10.6 Å². The smallest absolute Gasteiger partial charge is 0.231 e. The predicted molar refractivity (Wildman–Crippen MR) is 82.1 cm³/mol. The Labute approximate surface area is 123 Å². The summed E-state index contributed by atoms with van der Waals surface area (Å²) in [5.41, 5.74) is 9.72. The number of carbonyl (C=O) groups is 1. The third-order valence-corrected chi connectivity index (χ3v) is 3.89. The van der Waals surface area contributed by atoms with Gasteiger partial charge in [-0.2, -0.15) is 0 Å². The molecule has 3 nitrogen and oxygen atoms in total. The molecule has 102 valence electrons. The first kappa shape index (κ1) is 13.0. The molecule has 0 saturated carbocycles. The lowest BCUT2D eigenvalue weighted by Crippen LogP contribution is -2.30. The highest BCUT2D eigenvalue weighted by atomic mass is 35.5. The Bertz CT molecular complexity index is 652. The number of halogens is 1. The van der Waals surface area contributed by atoms with Gasteiger partial charge >= 0.3 is 0 Å². The highest BCUT2D eigenvalue weighted by Gasteiger charge is 2.25. The Morgan fingerprint density at radius 1 is 1.20 bits per heavy atom. The molecule has 1 amide bonds. The molecule has 0 aromatic heterocycles. The Kier molecular flexibility index (Phi) is 3.36. The normalized spacial score (nSPS) is 13.3. The van der Waals surface area contributed by atoms with Crippen molar-refractivity contribution in [2.24, 2.45) is 0 Å². The zero-order valence-corrected chi connectivity index (χ0v) is 11.7. The molecule has 0 spiro atoms. The number of anilines is 2. The van der Waals surface area contributed by atoms with Gasteiger partial charge in [0.2, 0.25) is 5.91 Å². The van der Waals surface area contributed by atoms with Crippen molar-refractivity contribution in [2.75, 3.05) is 17.2 Å². The summed E-state index contributed by atoms with van der Waals surface area (Å²) in [6.07, 6.45) is 1.21. The lowest BCUT2D eigenvalue weighted by molar-refractivity contribution is -0.117. The first-order valence-corrected chi connectivity index (χ1v) is 6.95. The van der Waals surface area contributed by atoms with Crippen LogP contribution >= 0.6 is 11.6 Å². The molecular formula is C16H15ClN2O. The second kappa shape index (κ2) is 5.17. The summed E-state index contributed by atoms with van der Waals surface area (Å²) < 4.78 is 0. The van der Waals surface area contributed by atoms with Crippen LogP contribution in [0.5, 0.6) is 0 Å². The van der Waals surface area contributed by atoms with Crippen LogP contribution in [0.25, 0.3) is 0 Å². The summed E-state index contributed by atoms with van der Waals surface area (Å²) in [5.74, 6) is 0.0941. The van der Waals surface area contributed by atoms with Crippen molar-refractivity contribution < 1.29 is 4.79 Å². The van der Waals surface area contributed by atoms with E-state index in [-0.39, 0.29) is 5.91 Å². The average Bonchev–Trinajstić information content (AvgIpc) is 2.87. The molecule has 1 aliphatic heterocycles. The molecule has 0 unspecified atom stereocenters. The molecule has 2 aromatic rings. The van der Waals surface area contributed by atoms with Crippen molar-refractivity contribution in [3.63, 3.8) is 0 Å². The first-order chi connectivity index (χ1) is 9.65. The molecule has 0 fully saturated rings. The van der Waals surface area contributed by atoms with Crippen molar-refractivity contribution >= 4 is 28.9 Å². The van der Waals surface area contributed by atoms with E-state index in [2.05, 4.69) is 0 Å². The van der Waals surface area contributed by atoms with Crippen LogP contribution in [0.15, 0.2) is 42.5 Å². The van der Waals surface area contributed by atoms with Crippen LogP contribution in [0.3, 0.4) is 0 Å². The average molecular weight is 287 g/mol. The summed E-state index contributed by atoms with van der Waals surface area (Å²) in [5, 5.41) is 0.681. The fourth-order valence-corrected chi connectivity index (χ4v) is 2.72. The minimum absolute atomic E-state index is 0.0941. The quantitative estimate of drug-likeness (QED) is 0.863. The highest BCUT2D eigenvalue weighted by molar-refractivity contribution is 6.30. The van der Waals surface area contributed by atoms with Crippen LogP contribution in [0.2, 0.25) is 5.02 Å². The summed E-state index contributed by atoms with van der Waals surface area (Å²) >= 11 is 5.85. The van der Waals surface area contributed by atoms with Crippen LogP contribution in [-0.4, -0.2) is 12.5 Å². The maximum atomic E-state index is 12.4. The molecule has 0 saturated heterocycles. The fraction of sp³-hybridized carbons (Fsp3) is 0.188. The number of benzene rings is 2. The lowest BCUT2D eigenvalue weighted by atomic mass is 10.1. The first-order valence-electron chi connectivity index (χ1n) is 6.57. The second-order valence-electron chi connectivity index (χ2n) is 4.94. The van der Waals surface area contributed by atoms with Gasteiger partial charge in [-0.1, -0.05) is 29.8 Å². The van der Waals surface area contributed by atoms with E-state index in [0.717, 1.165) is 28.9 Å². The number of amides is 1. The van der Waals surface area contributed by atoms with Gasteiger partial charge in [0.1, 0.15) is 0 Å². The molecule has 1 aliphatic rings. The maximum Gasteiger partial charge on any atom is 0.231 e. The van der Waals surface area contributed by atoms with Gasteiger partial charge in [0.05, 0.1) is 6.42 Å². The van der Waals surface area contributed by atoms with Gasteiger partial charge in [-0.05, 0) is 36.2 Å². The molecule has 2 N–H and O–H groups in total. The van der Waals surface area contributed by atoms with Gasteiger partial charge in [0, 0.05) is 28.5 Å². The van der Waals surface area contributed by atoms with Crippen molar-refractivity contribution in [1.29, 1.82) is 0 Å². The van der Waals surface area contributed by atoms with Crippen molar-refractivity contribution in [3.8, 4) is 0 Å². The lowest BCUT2D eigenvalue weighted by Gasteiger charge is -2.17. The van der Waals surface area contributed by atoms with Crippen LogP contribution in [-0.2, 0) is 17.6 Å². The predicted octanol–water partition coefficient (Wildman–Crippen LogP) is 3.05. The van der Waals surface area contributed by atoms with E-state index in [0.29, 0.717) is 18.0 Å². The van der Waals surface area contributed by atoms with Gasteiger partial charge in [-0.3, -0.25) is 4.79 Å². The second-order valence-corrected chi connectivity index (χ2v) is 5.38. The van der Waals surface area contributed by atoms with E-state index in [4.69, 9.17) is 17.3 Å². The minimum Gasteiger partial charge on any atom is -0.398 e. The highest BCUT2D eigenvalue weighted by Crippen LogP contribution is 2.32. The zero-order valence-electron chi connectivity index (χ0n) is 11.0. The minimum atomic E-state index is 0.0941. The Morgan fingerprint density at radius 2 is 1.95 bits per heavy atom. The Morgan fingerprint density at radius 3 is 2.70 bits per heavy atom. The third kappa shape index (κ3) is 2.37. The van der Waals surface area contributed by atoms with E-state index in [1.165, 1.54) is 0 Å². The molecule has 0 aliphatic carbocycles. The maximum absolute atomic E-state index is 12.4. The molecule has 20 heavy (non-hydrogen) atoms. The van der Waals surface area contributed by atoms with E-state index in [1.54, 1.807) is 12.1 Å². The van der Waals surface area contributed by atoms with Gasteiger partial charge in [0.25, 0.3) is 0 Å². The number of nitrogens with zero attached hydrogens (tertiary/aromatic N) is 1.